The van der Waals surface area contributed by atoms with E-state index < -0.39 is 23.0 Å². The highest BCUT2D eigenvalue weighted by atomic mass is 32.2. The van der Waals surface area contributed by atoms with E-state index in [1.54, 1.807) is 11.3 Å². The van der Waals surface area contributed by atoms with Crippen LogP contribution in [0, 0.1) is 11.3 Å². The van der Waals surface area contributed by atoms with Gasteiger partial charge in [0.1, 0.15) is 0 Å². The van der Waals surface area contributed by atoms with Crippen molar-refractivity contribution in [3.05, 3.63) is 35.2 Å². The second-order valence-electron chi connectivity index (χ2n) is 3.18. The van der Waals surface area contributed by atoms with Gasteiger partial charge in [0.2, 0.25) is 0 Å². The molecule has 0 saturated heterocycles. The second kappa shape index (κ2) is 7.25. The molecule has 2 rings (SSSR count). The molecule has 1 N–H and O–H groups in total. The molecule has 19 heavy (non-hydrogen) atoms. The van der Waals surface area contributed by atoms with Gasteiger partial charge in [-0.3, -0.25) is 4.79 Å². The first-order valence-electron chi connectivity index (χ1n) is 4.89. The molecule has 0 spiro atoms. The number of fused-ring (bicyclic) bond motifs is 1. The molecule has 1 aromatic heterocycles. The fourth-order valence-electron chi connectivity index (χ4n) is 1.14. The molecule has 0 fully saturated rings. The molecule has 0 saturated carbocycles. The van der Waals surface area contributed by atoms with E-state index in [0.717, 1.165) is 10.9 Å². The Kier molecular flexibility index (Phi) is 5.66. The monoisotopic (exact) mass is 296 g/mol. The van der Waals surface area contributed by atoms with E-state index in [-0.39, 0.29) is 0 Å². The average Bonchev–Trinajstić information content (AvgIpc) is 2.84. The number of carbonyl (C=O) groups is 1. The number of hydrogen-bond donors (Lipinski definition) is 1. The lowest BCUT2D eigenvalue weighted by Crippen LogP contribution is -1.97. The van der Waals surface area contributed by atoms with Gasteiger partial charge in [-0.05, 0) is 35.0 Å². The highest BCUT2D eigenvalue weighted by molar-refractivity contribution is 7.61. The van der Waals surface area contributed by atoms with Gasteiger partial charge in [0.05, 0.1) is 11.6 Å². The maximum Gasteiger partial charge on any atom is 0.326 e. The molecule has 0 aliphatic carbocycles. The van der Waals surface area contributed by atoms with Crippen molar-refractivity contribution in [1.29, 1.82) is 5.26 Å². The largest absolute Gasteiger partial charge is 0.480 e. The Morgan fingerprint density at radius 3 is 2.68 bits per heavy atom. The number of aliphatic carboxylic acids is 1. The number of benzene rings is 1. The lowest BCUT2D eigenvalue weighted by atomic mass is 10.2. The van der Waals surface area contributed by atoms with Crippen LogP contribution >= 0.6 is 11.3 Å². The molecule has 2 aromatic rings. The number of hydrogen-bond acceptors (Lipinski definition) is 6. The number of nitriles is 1. The van der Waals surface area contributed by atoms with Gasteiger partial charge < -0.3 is 5.11 Å². The summed E-state index contributed by atoms with van der Waals surface area (Å²) in [4.78, 5) is 9.54. The van der Waals surface area contributed by atoms with Gasteiger partial charge >= 0.3 is 16.5 Å². The Hall–Kier alpha value is -2.24. The second-order valence-corrected chi connectivity index (χ2v) is 4.82. The molecule has 0 amide bonds. The highest BCUT2D eigenvalue weighted by Crippen LogP contribution is 2.21. The van der Waals surface area contributed by atoms with Crippen LogP contribution in [-0.4, -0.2) is 26.0 Å². The third-order valence-electron chi connectivity index (χ3n) is 1.89. The first-order chi connectivity index (χ1) is 9.02. The van der Waals surface area contributed by atoms with Crippen LogP contribution in [0.4, 0.5) is 0 Å². The predicted molar refractivity (Wildman–Crippen MR) is 70.4 cm³/mol. The van der Waals surface area contributed by atoms with Crippen LogP contribution in [0.5, 0.6) is 0 Å². The topological polar surface area (TPSA) is 108 Å². The fraction of sp³-hybridized carbons (Fsp3) is 0.0909. The minimum absolute atomic E-state index is 0.684. The van der Waals surface area contributed by atoms with Gasteiger partial charge in [0, 0.05) is 4.70 Å². The van der Waals surface area contributed by atoms with Gasteiger partial charge in [0.15, 0.2) is 6.54 Å². The van der Waals surface area contributed by atoms with Gasteiger partial charge in [-0.25, -0.2) is 0 Å². The van der Waals surface area contributed by atoms with E-state index in [0.29, 0.717) is 0 Å². The third-order valence-corrected chi connectivity index (χ3v) is 3.12. The molecule has 0 unspecified atom stereocenters. The molecular weight excluding hydrogens is 288 g/mol. The summed E-state index contributed by atoms with van der Waals surface area (Å²) in [6, 6.07) is 9.88. The molecular formula is C11H8N2O4S2. The summed E-state index contributed by atoms with van der Waals surface area (Å²) in [5.41, 5.74) is 0.732. The van der Waals surface area contributed by atoms with E-state index in [4.69, 9.17) is 10.4 Å². The molecule has 98 valence electrons. The van der Waals surface area contributed by atoms with Crippen LogP contribution in [0.2, 0.25) is 0 Å². The smallest absolute Gasteiger partial charge is 0.326 e. The Morgan fingerprint density at radius 2 is 2.16 bits per heavy atom. The highest BCUT2D eigenvalue weighted by Gasteiger charge is 1.94. The minimum atomic E-state index is -2.59. The van der Waals surface area contributed by atoms with Gasteiger partial charge in [-0.2, -0.15) is 18.0 Å². The lowest BCUT2D eigenvalue weighted by molar-refractivity contribution is -0.135. The van der Waals surface area contributed by atoms with Crippen LogP contribution in [0.3, 0.4) is 0 Å². The van der Waals surface area contributed by atoms with Crippen molar-refractivity contribution in [3.8, 4) is 6.07 Å². The Labute approximate surface area is 114 Å². The Morgan fingerprint density at radius 1 is 1.42 bits per heavy atom. The van der Waals surface area contributed by atoms with Crippen molar-refractivity contribution in [1.82, 2.24) is 0 Å². The summed E-state index contributed by atoms with van der Waals surface area (Å²) in [6.45, 7) is -0.684. The zero-order valence-electron chi connectivity index (χ0n) is 9.48. The van der Waals surface area contributed by atoms with Crippen molar-refractivity contribution >= 4 is 37.9 Å². The zero-order valence-corrected chi connectivity index (χ0v) is 11.1. The lowest BCUT2D eigenvalue weighted by Gasteiger charge is -1.87. The zero-order chi connectivity index (χ0) is 14.3. The van der Waals surface area contributed by atoms with E-state index in [1.807, 2.05) is 29.6 Å². The maximum atomic E-state index is 9.54. The van der Waals surface area contributed by atoms with Gasteiger partial charge in [-0.15, -0.1) is 11.3 Å². The van der Waals surface area contributed by atoms with E-state index in [9.17, 15) is 13.2 Å². The summed E-state index contributed by atoms with van der Waals surface area (Å²) in [7, 11) is -2.59. The molecule has 0 aliphatic rings. The summed E-state index contributed by atoms with van der Waals surface area (Å²) in [5, 5.41) is 19.6. The predicted octanol–water partition coefficient (Wildman–Crippen LogP) is 1.91. The fourth-order valence-corrected chi connectivity index (χ4v) is 2.13. The standard InChI is InChI=1S/C9H5NS.C2H3NO4S/c10-6-7-1-2-9-8(5-7)3-4-11-9;4-2(5)1-3-8(6)7/h1-5H;1H2,(H,4,5). The van der Waals surface area contributed by atoms with Crippen molar-refractivity contribution in [2.75, 3.05) is 6.54 Å². The van der Waals surface area contributed by atoms with E-state index in [2.05, 4.69) is 10.4 Å². The normalized spacial score (nSPS) is 9.00. The van der Waals surface area contributed by atoms with E-state index in [1.165, 1.54) is 4.70 Å². The van der Waals surface area contributed by atoms with Crippen LogP contribution in [-0.2, 0) is 15.3 Å². The quantitative estimate of drug-likeness (QED) is 0.910. The maximum absolute atomic E-state index is 9.54. The van der Waals surface area contributed by atoms with Gasteiger partial charge in [-0.1, -0.05) is 0 Å². The molecule has 8 heteroatoms. The Balaban J connectivity index is 0.000000203. The third kappa shape index (κ3) is 5.29. The van der Waals surface area contributed by atoms with Crippen LogP contribution < -0.4 is 0 Å². The first-order valence-corrected chi connectivity index (χ1v) is 6.80. The number of thiophene rings is 1. The molecule has 1 heterocycles. The molecule has 0 radical (unpaired) electrons. The van der Waals surface area contributed by atoms with Crippen molar-refractivity contribution in [2.24, 2.45) is 4.36 Å². The minimum Gasteiger partial charge on any atom is -0.480 e. The van der Waals surface area contributed by atoms with Crippen LogP contribution in [0.25, 0.3) is 10.1 Å². The first kappa shape index (κ1) is 14.8. The average molecular weight is 296 g/mol. The number of rotatable bonds is 2. The molecule has 0 aliphatic heterocycles. The SMILES string of the molecule is N#Cc1ccc2sccc2c1.O=C(O)CN=S(=O)=O. The van der Waals surface area contributed by atoms with Crippen molar-refractivity contribution in [3.63, 3.8) is 0 Å². The molecule has 0 atom stereocenters. The summed E-state index contributed by atoms with van der Waals surface area (Å²) < 4.78 is 22.8. The van der Waals surface area contributed by atoms with Crippen molar-refractivity contribution < 1.29 is 18.3 Å². The van der Waals surface area contributed by atoms with Crippen molar-refractivity contribution in [2.45, 2.75) is 0 Å². The summed E-state index contributed by atoms with van der Waals surface area (Å²) in [6.07, 6.45) is 0. The molecule has 0 bridgehead atoms. The number of carboxylic acid groups (broad SMARTS) is 1. The molecule has 6 nitrogen and oxygen atoms in total. The van der Waals surface area contributed by atoms with Crippen LogP contribution in [0.15, 0.2) is 34.0 Å². The summed E-state index contributed by atoms with van der Waals surface area (Å²) in [5.74, 6) is -1.26. The number of carboxylic acids is 1. The van der Waals surface area contributed by atoms with Gasteiger partial charge in [0.25, 0.3) is 0 Å². The molecule has 1 aromatic carbocycles. The van der Waals surface area contributed by atoms with E-state index >= 15 is 0 Å². The summed E-state index contributed by atoms with van der Waals surface area (Å²) >= 11 is 1.70. The Bertz CT molecular complexity index is 748. The number of nitrogens with zero attached hydrogens (tertiary/aromatic N) is 2. The van der Waals surface area contributed by atoms with Crippen LogP contribution in [0.1, 0.15) is 5.56 Å².